The van der Waals surface area contributed by atoms with Crippen molar-refractivity contribution >= 4 is 12.4 Å². The Balaban J connectivity index is 2.87. The molecule has 100 valence electrons. The van der Waals surface area contributed by atoms with Crippen molar-refractivity contribution in [3.05, 3.63) is 23.3 Å². The van der Waals surface area contributed by atoms with E-state index < -0.39 is 23.8 Å². The molecule has 1 aliphatic carbocycles. The molecule has 1 unspecified atom stereocenters. The van der Waals surface area contributed by atoms with Crippen LogP contribution in [0.15, 0.2) is 23.3 Å². The molecule has 0 aromatic heterocycles. The number of rotatable bonds is 5. The second-order valence-electron chi connectivity index (χ2n) is 3.80. The normalized spacial score (nSPS) is 17.5. The van der Waals surface area contributed by atoms with E-state index in [0.29, 0.717) is 6.42 Å². The summed E-state index contributed by atoms with van der Waals surface area (Å²) in [5, 5.41) is 10.8. The fourth-order valence-electron chi connectivity index (χ4n) is 1.74. The summed E-state index contributed by atoms with van der Waals surface area (Å²) in [4.78, 5) is 21.0. The van der Waals surface area contributed by atoms with Gasteiger partial charge in [0.1, 0.15) is 6.04 Å². The number of nitrogens with one attached hydrogen (secondary N) is 1. The van der Waals surface area contributed by atoms with Crippen LogP contribution in [0.4, 0.5) is 13.2 Å². The van der Waals surface area contributed by atoms with Crippen LogP contribution in [0.1, 0.15) is 19.3 Å². The molecule has 7 heteroatoms. The molecule has 1 atom stereocenters. The number of halogens is 3. The lowest BCUT2D eigenvalue weighted by Gasteiger charge is -2.21. The van der Waals surface area contributed by atoms with E-state index in [9.17, 15) is 22.8 Å². The molecule has 0 saturated carbocycles. The number of aliphatic carboxylic acids is 1. The predicted molar refractivity (Wildman–Crippen MR) is 56.7 cm³/mol. The number of carbonyl (C=O) groups is 2. The summed E-state index contributed by atoms with van der Waals surface area (Å²) < 4.78 is 38.0. The summed E-state index contributed by atoms with van der Waals surface area (Å²) in [6, 6.07) is -1.35. The minimum absolute atomic E-state index is 0.0875. The highest BCUT2D eigenvalue weighted by Gasteiger charge is 2.37. The highest BCUT2D eigenvalue weighted by atomic mass is 19.4. The van der Waals surface area contributed by atoms with Gasteiger partial charge < -0.3 is 10.4 Å². The quantitative estimate of drug-likeness (QED) is 0.743. The lowest BCUT2D eigenvalue weighted by atomic mass is 9.92. The van der Waals surface area contributed by atoms with Gasteiger partial charge >= 0.3 is 12.1 Å². The van der Waals surface area contributed by atoms with Gasteiger partial charge in [0.25, 0.3) is 0 Å². The van der Waals surface area contributed by atoms with Gasteiger partial charge in [0.05, 0.1) is 5.57 Å². The van der Waals surface area contributed by atoms with Crippen LogP contribution < -0.4 is 5.32 Å². The van der Waals surface area contributed by atoms with Crippen LogP contribution in [0.5, 0.6) is 0 Å². The van der Waals surface area contributed by atoms with Gasteiger partial charge in [-0.2, -0.15) is 13.2 Å². The third-order valence-electron chi connectivity index (χ3n) is 2.55. The maximum atomic E-state index is 12.7. The zero-order valence-electron chi connectivity index (χ0n) is 9.33. The molecule has 0 bridgehead atoms. The first-order chi connectivity index (χ1) is 8.36. The summed E-state index contributed by atoms with van der Waals surface area (Å²) in [6.45, 7) is 0. The van der Waals surface area contributed by atoms with Crippen molar-refractivity contribution < 1.29 is 27.9 Å². The Morgan fingerprint density at radius 1 is 1.44 bits per heavy atom. The first-order valence-corrected chi connectivity index (χ1v) is 5.25. The number of allylic oxidation sites excluding steroid dienone is 3. The Morgan fingerprint density at radius 2 is 2.06 bits per heavy atom. The van der Waals surface area contributed by atoms with Gasteiger partial charge in [0.15, 0.2) is 0 Å². The Bertz CT molecular complexity index is 399. The number of hydrogen-bond acceptors (Lipinski definition) is 2. The molecule has 1 aliphatic rings. The van der Waals surface area contributed by atoms with Crippen molar-refractivity contribution in [2.75, 3.05) is 0 Å². The van der Waals surface area contributed by atoms with Crippen molar-refractivity contribution in [3.8, 4) is 0 Å². The van der Waals surface area contributed by atoms with Crippen LogP contribution in [0.2, 0.25) is 0 Å². The molecule has 1 rings (SSSR count). The van der Waals surface area contributed by atoms with Crippen LogP contribution in [0, 0.1) is 0 Å². The van der Waals surface area contributed by atoms with E-state index in [2.05, 4.69) is 0 Å². The molecule has 0 fully saturated rings. The summed E-state index contributed by atoms with van der Waals surface area (Å²) in [5.41, 5.74) is -0.900. The molecule has 0 heterocycles. The fourth-order valence-corrected chi connectivity index (χ4v) is 1.74. The SMILES string of the molecule is O=CNC(CC1=CCCC=C1C(F)(F)F)C(=O)O. The van der Waals surface area contributed by atoms with Crippen LogP contribution in [0.25, 0.3) is 0 Å². The first kappa shape index (κ1) is 14.3. The molecule has 1 amide bonds. The molecule has 18 heavy (non-hydrogen) atoms. The minimum atomic E-state index is -4.50. The van der Waals surface area contributed by atoms with E-state index in [4.69, 9.17) is 5.11 Å². The van der Waals surface area contributed by atoms with Gasteiger partial charge in [-0.25, -0.2) is 4.79 Å². The van der Waals surface area contributed by atoms with Crippen LogP contribution in [-0.4, -0.2) is 29.7 Å². The van der Waals surface area contributed by atoms with E-state index in [1.165, 1.54) is 6.08 Å². The number of carbonyl (C=O) groups excluding carboxylic acids is 1. The van der Waals surface area contributed by atoms with Gasteiger partial charge in [-0.05, 0) is 18.4 Å². The van der Waals surface area contributed by atoms with Crippen molar-refractivity contribution in [1.29, 1.82) is 0 Å². The average Bonchev–Trinajstić information content (AvgIpc) is 2.27. The largest absolute Gasteiger partial charge is 0.480 e. The molecule has 0 spiro atoms. The number of hydrogen-bond donors (Lipinski definition) is 2. The topological polar surface area (TPSA) is 66.4 Å². The summed E-state index contributed by atoms with van der Waals surface area (Å²) in [6.07, 6.45) is -1.59. The zero-order valence-corrected chi connectivity index (χ0v) is 9.33. The van der Waals surface area contributed by atoms with E-state index in [0.717, 1.165) is 6.08 Å². The third kappa shape index (κ3) is 3.61. The third-order valence-corrected chi connectivity index (χ3v) is 2.55. The van der Waals surface area contributed by atoms with Crippen LogP contribution in [-0.2, 0) is 9.59 Å². The fraction of sp³-hybridized carbons (Fsp3) is 0.455. The molecule has 0 saturated heterocycles. The summed E-state index contributed by atoms with van der Waals surface area (Å²) in [5.74, 6) is -1.37. The van der Waals surface area contributed by atoms with Gasteiger partial charge in [0.2, 0.25) is 6.41 Å². The Labute approximate surface area is 101 Å². The van der Waals surface area contributed by atoms with Gasteiger partial charge in [-0.15, -0.1) is 0 Å². The van der Waals surface area contributed by atoms with Crippen molar-refractivity contribution in [3.63, 3.8) is 0 Å². The van der Waals surface area contributed by atoms with Crippen LogP contribution >= 0.6 is 0 Å². The lowest BCUT2D eigenvalue weighted by molar-refractivity contribution is -0.140. The van der Waals surface area contributed by atoms with E-state index in [1.807, 2.05) is 5.32 Å². The number of amides is 1. The molecule has 0 aromatic carbocycles. The number of alkyl halides is 3. The average molecular weight is 263 g/mol. The Hall–Kier alpha value is -1.79. The highest BCUT2D eigenvalue weighted by molar-refractivity contribution is 5.76. The second-order valence-corrected chi connectivity index (χ2v) is 3.80. The molecule has 0 radical (unpaired) electrons. The molecule has 0 aromatic rings. The van der Waals surface area contributed by atoms with Crippen molar-refractivity contribution in [2.45, 2.75) is 31.5 Å². The second kappa shape index (κ2) is 5.70. The summed E-state index contributed by atoms with van der Waals surface area (Å²) >= 11 is 0. The molecular weight excluding hydrogens is 251 g/mol. The molecule has 4 nitrogen and oxygen atoms in total. The molecule has 0 aliphatic heterocycles. The molecular formula is C11H12F3NO3. The monoisotopic (exact) mass is 263 g/mol. The predicted octanol–water partition coefficient (Wildman–Crippen LogP) is 1.78. The Kier molecular flexibility index (Phi) is 4.52. The van der Waals surface area contributed by atoms with Crippen molar-refractivity contribution in [2.24, 2.45) is 0 Å². The van der Waals surface area contributed by atoms with Gasteiger partial charge in [-0.3, -0.25) is 4.79 Å². The van der Waals surface area contributed by atoms with Gasteiger partial charge in [0, 0.05) is 6.42 Å². The van der Waals surface area contributed by atoms with Gasteiger partial charge in [-0.1, -0.05) is 12.2 Å². The maximum Gasteiger partial charge on any atom is 0.416 e. The van der Waals surface area contributed by atoms with E-state index in [1.54, 1.807) is 0 Å². The molecule has 2 N–H and O–H groups in total. The number of carboxylic acid groups (broad SMARTS) is 1. The standard InChI is InChI=1S/C11H12F3NO3/c12-11(13,14)8-4-2-1-3-7(8)5-9(10(17)18)15-6-16/h3-4,6,9H,1-2,5H2,(H,15,16)(H,17,18). The van der Waals surface area contributed by atoms with E-state index >= 15 is 0 Å². The van der Waals surface area contributed by atoms with E-state index in [-0.39, 0.29) is 24.8 Å². The number of carboxylic acids is 1. The summed E-state index contributed by atoms with van der Waals surface area (Å²) in [7, 11) is 0. The van der Waals surface area contributed by atoms with Crippen LogP contribution in [0.3, 0.4) is 0 Å². The maximum absolute atomic E-state index is 12.7. The Morgan fingerprint density at radius 3 is 2.56 bits per heavy atom. The smallest absolute Gasteiger partial charge is 0.416 e. The van der Waals surface area contributed by atoms with Crippen molar-refractivity contribution in [1.82, 2.24) is 5.32 Å². The lowest BCUT2D eigenvalue weighted by Crippen LogP contribution is -2.36. The highest BCUT2D eigenvalue weighted by Crippen LogP contribution is 2.36. The first-order valence-electron chi connectivity index (χ1n) is 5.25. The zero-order chi connectivity index (χ0) is 13.8. The minimum Gasteiger partial charge on any atom is -0.480 e.